The maximum absolute atomic E-state index is 5.20. The second kappa shape index (κ2) is 2.07. The molecule has 0 amide bonds. The molecule has 12 heavy (non-hydrogen) atoms. The highest BCUT2D eigenvalue weighted by Crippen LogP contribution is 2.54. The van der Waals surface area contributed by atoms with Gasteiger partial charge >= 0.3 is 0 Å². The fourth-order valence-electron chi connectivity index (χ4n) is 2.23. The normalized spacial score (nSPS) is 26.7. The Labute approximate surface area is 70.3 Å². The van der Waals surface area contributed by atoms with Crippen molar-refractivity contribution in [1.82, 2.24) is 15.4 Å². The Kier molecular flexibility index (Phi) is 1.14. The summed E-state index contributed by atoms with van der Waals surface area (Å²) < 4.78 is 5.20. The van der Waals surface area contributed by atoms with Gasteiger partial charge in [0.05, 0.1) is 25.1 Å². The summed E-state index contributed by atoms with van der Waals surface area (Å²) in [6.45, 7) is 1.92. The molecule has 2 fully saturated rings. The van der Waals surface area contributed by atoms with E-state index in [9.17, 15) is 0 Å². The number of hydrogen-bond acceptors (Lipinski definition) is 3. The number of nitrogens with zero attached hydrogens (tertiary/aromatic N) is 2. The summed E-state index contributed by atoms with van der Waals surface area (Å²) in [4.78, 5) is 0. The molecule has 1 spiro atoms. The van der Waals surface area contributed by atoms with Gasteiger partial charge in [-0.25, -0.2) is 0 Å². The van der Waals surface area contributed by atoms with Crippen molar-refractivity contribution >= 4 is 0 Å². The molecule has 1 aliphatic carbocycles. The number of ether oxygens (including phenoxy) is 1. The molecule has 0 aromatic carbocycles. The Morgan fingerprint density at radius 1 is 1.50 bits per heavy atom. The van der Waals surface area contributed by atoms with E-state index in [1.165, 1.54) is 12.8 Å². The topological polar surface area (TPSA) is 50.8 Å². The van der Waals surface area contributed by atoms with Crippen LogP contribution in [-0.2, 0) is 4.74 Å². The second-order valence-corrected chi connectivity index (χ2v) is 3.99. The number of hydrogen-bond donors (Lipinski definition) is 1. The highest BCUT2D eigenvalue weighted by Gasteiger charge is 2.50. The van der Waals surface area contributed by atoms with Gasteiger partial charge < -0.3 is 4.74 Å². The summed E-state index contributed by atoms with van der Waals surface area (Å²) in [5, 5.41) is 10.5. The van der Waals surface area contributed by atoms with E-state index in [1.807, 2.05) is 6.20 Å². The van der Waals surface area contributed by atoms with Gasteiger partial charge in [0.1, 0.15) is 0 Å². The first-order chi connectivity index (χ1) is 5.88. The summed E-state index contributed by atoms with van der Waals surface area (Å²) in [6, 6.07) is 0. The molecule has 0 bridgehead atoms. The third kappa shape index (κ3) is 0.756. The minimum absolute atomic E-state index is 0.531. The van der Waals surface area contributed by atoms with Crippen LogP contribution in [0.1, 0.15) is 24.5 Å². The van der Waals surface area contributed by atoms with Crippen LogP contribution < -0.4 is 0 Å². The van der Waals surface area contributed by atoms with Crippen molar-refractivity contribution in [2.24, 2.45) is 5.41 Å². The predicted octanol–water partition coefficient (Wildman–Crippen LogP) is 0.699. The number of aromatic nitrogens is 3. The van der Waals surface area contributed by atoms with E-state index < -0.39 is 0 Å². The molecular formula is C8H11N3O. The van der Waals surface area contributed by atoms with Crippen molar-refractivity contribution in [2.75, 3.05) is 13.2 Å². The lowest BCUT2D eigenvalue weighted by Gasteiger charge is -2.52. The maximum Gasteiger partial charge on any atom is 0.0855 e. The van der Waals surface area contributed by atoms with Crippen LogP contribution in [0.3, 0.4) is 0 Å². The van der Waals surface area contributed by atoms with Crippen LogP contribution in [0.25, 0.3) is 0 Å². The quantitative estimate of drug-likeness (QED) is 0.666. The molecular weight excluding hydrogens is 154 g/mol. The maximum atomic E-state index is 5.20. The van der Waals surface area contributed by atoms with Gasteiger partial charge in [-0.05, 0) is 12.8 Å². The molecule has 1 saturated heterocycles. The van der Waals surface area contributed by atoms with Crippen LogP contribution in [0.4, 0.5) is 0 Å². The van der Waals surface area contributed by atoms with Gasteiger partial charge in [0.2, 0.25) is 0 Å². The SMILES string of the molecule is c1n[nH]nc1C1CC2(COC2)C1. The van der Waals surface area contributed by atoms with Gasteiger partial charge in [-0.1, -0.05) is 0 Å². The van der Waals surface area contributed by atoms with E-state index in [-0.39, 0.29) is 0 Å². The van der Waals surface area contributed by atoms with Gasteiger partial charge in [0.15, 0.2) is 0 Å². The summed E-state index contributed by atoms with van der Waals surface area (Å²) in [5.74, 6) is 0.632. The molecule has 64 valence electrons. The van der Waals surface area contributed by atoms with Gasteiger partial charge in [0.25, 0.3) is 0 Å². The molecule has 4 nitrogen and oxygen atoms in total. The smallest absolute Gasteiger partial charge is 0.0855 e. The monoisotopic (exact) mass is 165 g/mol. The molecule has 0 atom stereocenters. The van der Waals surface area contributed by atoms with E-state index in [4.69, 9.17) is 4.74 Å². The van der Waals surface area contributed by atoms with E-state index in [2.05, 4.69) is 15.4 Å². The molecule has 1 saturated carbocycles. The first kappa shape index (κ1) is 6.60. The van der Waals surface area contributed by atoms with Gasteiger partial charge in [-0.15, -0.1) is 0 Å². The molecule has 2 heterocycles. The lowest BCUT2D eigenvalue weighted by atomic mass is 9.60. The standard InChI is InChI=1S/C8H11N3O/c1-6(7-3-9-11-10-7)2-8(1)4-12-5-8/h3,6H,1-2,4-5H2,(H,9,10,11). The Morgan fingerprint density at radius 2 is 2.33 bits per heavy atom. The van der Waals surface area contributed by atoms with Crippen LogP contribution in [0.5, 0.6) is 0 Å². The van der Waals surface area contributed by atoms with Crippen molar-refractivity contribution in [1.29, 1.82) is 0 Å². The Morgan fingerprint density at radius 3 is 2.83 bits per heavy atom. The fourth-order valence-corrected chi connectivity index (χ4v) is 2.23. The lowest BCUT2D eigenvalue weighted by Crippen LogP contribution is -2.51. The Bertz CT molecular complexity index is 271. The number of aromatic amines is 1. The molecule has 4 heteroatoms. The summed E-state index contributed by atoms with van der Waals surface area (Å²) in [7, 11) is 0. The molecule has 3 rings (SSSR count). The summed E-state index contributed by atoms with van der Waals surface area (Å²) in [6.07, 6.45) is 4.30. The van der Waals surface area contributed by atoms with Crippen molar-refractivity contribution in [3.8, 4) is 0 Å². The van der Waals surface area contributed by atoms with E-state index in [1.54, 1.807) is 0 Å². The number of nitrogens with one attached hydrogen (secondary N) is 1. The minimum atomic E-state index is 0.531. The van der Waals surface area contributed by atoms with Crippen molar-refractivity contribution < 1.29 is 4.74 Å². The highest BCUT2D eigenvalue weighted by atomic mass is 16.5. The van der Waals surface area contributed by atoms with Crippen LogP contribution in [0.15, 0.2) is 6.20 Å². The third-order valence-corrected chi connectivity index (χ3v) is 3.03. The summed E-state index contributed by atoms with van der Waals surface area (Å²) in [5.41, 5.74) is 1.65. The van der Waals surface area contributed by atoms with Gasteiger partial charge in [0, 0.05) is 11.3 Å². The zero-order valence-corrected chi connectivity index (χ0v) is 6.79. The first-order valence-electron chi connectivity index (χ1n) is 4.31. The van der Waals surface area contributed by atoms with Crippen LogP contribution in [0.2, 0.25) is 0 Å². The molecule has 2 aliphatic rings. The second-order valence-electron chi connectivity index (χ2n) is 3.99. The van der Waals surface area contributed by atoms with E-state index in [0.717, 1.165) is 18.9 Å². The predicted molar refractivity (Wildman–Crippen MR) is 41.6 cm³/mol. The van der Waals surface area contributed by atoms with Crippen LogP contribution in [-0.4, -0.2) is 28.6 Å². The average molecular weight is 165 g/mol. The van der Waals surface area contributed by atoms with Crippen LogP contribution >= 0.6 is 0 Å². The molecule has 1 N–H and O–H groups in total. The zero-order valence-electron chi connectivity index (χ0n) is 6.79. The number of rotatable bonds is 1. The van der Waals surface area contributed by atoms with E-state index in [0.29, 0.717) is 11.3 Å². The molecule has 1 aromatic heterocycles. The lowest BCUT2D eigenvalue weighted by molar-refractivity contribution is -0.165. The van der Waals surface area contributed by atoms with Crippen molar-refractivity contribution in [3.63, 3.8) is 0 Å². The van der Waals surface area contributed by atoms with Crippen molar-refractivity contribution in [3.05, 3.63) is 11.9 Å². The minimum Gasteiger partial charge on any atom is -0.380 e. The average Bonchev–Trinajstić information content (AvgIpc) is 2.32. The van der Waals surface area contributed by atoms with Gasteiger partial charge in [-0.3, -0.25) is 0 Å². The zero-order chi connectivity index (χ0) is 8.02. The largest absolute Gasteiger partial charge is 0.380 e. The Hall–Kier alpha value is -0.900. The highest BCUT2D eigenvalue weighted by molar-refractivity contribution is 5.13. The molecule has 1 aliphatic heterocycles. The summed E-state index contributed by atoms with van der Waals surface area (Å²) >= 11 is 0. The fraction of sp³-hybridized carbons (Fsp3) is 0.750. The molecule has 0 radical (unpaired) electrons. The molecule has 0 unspecified atom stereocenters. The first-order valence-corrected chi connectivity index (χ1v) is 4.31. The van der Waals surface area contributed by atoms with Crippen LogP contribution in [0, 0.1) is 5.41 Å². The Balaban J connectivity index is 1.69. The van der Waals surface area contributed by atoms with Crippen molar-refractivity contribution in [2.45, 2.75) is 18.8 Å². The van der Waals surface area contributed by atoms with Gasteiger partial charge in [-0.2, -0.15) is 15.4 Å². The van der Waals surface area contributed by atoms with E-state index >= 15 is 0 Å². The molecule has 1 aromatic rings. The number of H-pyrrole nitrogens is 1. The third-order valence-electron chi connectivity index (χ3n) is 3.03.